The molecule has 2 bridgehead atoms. The number of ether oxygens (including phenoxy) is 6. The molecule has 7 unspecified atom stereocenters. The van der Waals surface area contributed by atoms with Crippen LogP contribution in [0.4, 0.5) is 0 Å². The molecule has 2 saturated carbocycles. The van der Waals surface area contributed by atoms with Crippen LogP contribution in [0.1, 0.15) is 65.2 Å². The van der Waals surface area contributed by atoms with Crippen LogP contribution in [0.25, 0.3) is 0 Å². The van der Waals surface area contributed by atoms with Gasteiger partial charge in [0, 0.05) is 29.8 Å². The third-order valence-corrected chi connectivity index (χ3v) is 9.00. The van der Waals surface area contributed by atoms with Gasteiger partial charge in [-0.25, -0.2) is 0 Å². The quantitative estimate of drug-likeness (QED) is 0.372. The molecule has 0 radical (unpaired) electrons. The predicted molar refractivity (Wildman–Crippen MR) is 121 cm³/mol. The van der Waals surface area contributed by atoms with Gasteiger partial charge in [0.25, 0.3) is 0 Å². The minimum atomic E-state index is -0.0928. The summed E-state index contributed by atoms with van der Waals surface area (Å²) in [5.41, 5.74) is 0.120. The molecule has 0 aromatic carbocycles. The van der Waals surface area contributed by atoms with E-state index in [1.54, 1.807) is 0 Å². The van der Waals surface area contributed by atoms with Gasteiger partial charge in [0.1, 0.15) is 0 Å². The molecule has 4 saturated heterocycles. The topological polar surface area (TPSA) is 58.7 Å². The monoisotopic (exact) mass is 452 g/mol. The zero-order chi connectivity index (χ0) is 22.0. The number of epoxide rings is 1. The summed E-state index contributed by atoms with van der Waals surface area (Å²) in [6, 6.07) is 0. The van der Waals surface area contributed by atoms with Crippen LogP contribution in [0, 0.1) is 22.7 Å². The SMILES string of the molecule is CCC(COCC1CCC2OC2C1)(COCC1CCC2CC1O2)COCC1(CC)COC1. The van der Waals surface area contributed by atoms with Crippen molar-refractivity contribution in [1.29, 1.82) is 0 Å². The lowest BCUT2D eigenvalue weighted by Crippen LogP contribution is -2.49. The van der Waals surface area contributed by atoms with E-state index in [1.165, 1.54) is 38.5 Å². The maximum absolute atomic E-state index is 6.36. The van der Waals surface area contributed by atoms with Crippen molar-refractivity contribution in [2.45, 2.75) is 89.6 Å². The van der Waals surface area contributed by atoms with Crippen LogP contribution >= 0.6 is 0 Å². The molecule has 0 aromatic rings. The van der Waals surface area contributed by atoms with Crippen LogP contribution in [0.15, 0.2) is 0 Å². The molecule has 2 aliphatic carbocycles. The Hall–Kier alpha value is -0.240. The van der Waals surface area contributed by atoms with Gasteiger partial charge in [0.15, 0.2) is 0 Å². The standard InChI is InChI=1S/C26H44O6/c1-3-25(15-29-16-26(4-2)17-30-18-26,13-27-11-19-5-8-22-24(9-19)32-22)14-28-12-20-6-7-21-10-23(20)31-21/h19-24H,3-18H2,1-2H3. The summed E-state index contributed by atoms with van der Waals surface area (Å²) in [5, 5.41) is 0. The Labute approximate surface area is 194 Å². The summed E-state index contributed by atoms with van der Waals surface area (Å²) in [6.07, 6.45) is 11.4. The lowest BCUT2D eigenvalue weighted by Gasteiger charge is -2.46. The van der Waals surface area contributed by atoms with Crippen molar-refractivity contribution in [2.75, 3.05) is 52.9 Å². The van der Waals surface area contributed by atoms with Gasteiger partial charge in [-0.05, 0) is 50.9 Å². The highest BCUT2D eigenvalue weighted by Crippen LogP contribution is 2.41. The number of fused-ring (bicyclic) bond motifs is 3. The lowest BCUT2D eigenvalue weighted by molar-refractivity contribution is -0.199. The van der Waals surface area contributed by atoms with Crippen molar-refractivity contribution >= 4 is 0 Å². The molecule has 7 atom stereocenters. The third-order valence-electron chi connectivity index (χ3n) is 9.00. The van der Waals surface area contributed by atoms with Gasteiger partial charge in [0.05, 0.1) is 70.7 Å². The van der Waals surface area contributed by atoms with Gasteiger partial charge in [0.2, 0.25) is 0 Å². The van der Waals surface area contributed by atoms with Crippen LogP contribution in [-0.4, -0.2) is 77.3 Å². The van der Waals surface area contributed by atoms with Gasteiger partial charge in [-0.3, -0.25) is 0 Å². The first kappa shape index (κ1) is 23.5. The summed E-state index contributed by atoms with van der Waals surface area (Å²) < 4.78 is 36.1. The molecule has 6 heteroatoms. The summed E-state index contributed by atoms with van der Waals surface area (Å²) in [7, 11) is 0. The highest BCUT2D eigenvalue weighted by molar-refractivity contribution is 4.92. The Morgan fingerprint density at radius 1 is 0.812 bits per heavy atom. The third kappa shape index (κ3) is 5.36. The van der Waals surface area contributed by atoms with E-state index in [0.29, 0.717) is 56.1 Å². The average Bonchev–Trinajstić information content (AvgIpc) is 3.54. The van der Waals surface area contributed by atoms with E-state index in [-0.39, 0.29) is 10.8 Å². The maximum atomic E-state index is 6.36. The van der Waals surface area contributed by atoms with Crippen LogP contribution in [0.3, 0.4) is 0 Å². The lowest BCUT2D eigenvalue weighted by atomic mass is 9.80. The summed E-state index contributed by atoms with van der Waals surface area (Å²) in [4.78, 5) is 0. The van der Waals surface area contributed by atoms with Crippen molar-refractivity contribution in [3.8, 4) is 0 Å². The zero-order valence-corrected chi connectivity index (χ0v) is 20.2. The number of hydrogen-bond acceptors (Lipinski definition) is 6. The van der Waals surface area contributed by atoms with Gasteiger partial charge < -0.3 is 28.4 Å². The molecule has 0 amide bonds. The number of rotatable bonds is 14. The van der Waals surface area contributed by atoms with Gasteiger partial charge in [-0.2, -0.15) is 0 Å². The van der Waals surface area contributed by atoms with Crippen molar-refractivity contribution in [1.82, 2.24) is 0 Å². The number of hydrogen-bond donors (Lipinski definition) is 0. The van der Waals surface area contributed by atoms with Crippen LogP contribution in [-0.2, 0) is 28.4 Å². The van der Waals surface area contributed by atoms with E-state index < -0.39 is 0 Å². The summed E-state index contributed by atoms with van der Waals surface area (Å²) in [6.45, 7) is 10.6. The fraction of sp³-hybridized carbons (Fsp3) is 1.00. The second kappa shape index (κ2) is 10.2. The second-order valence-corrected chi connectivity index (χ2v) is 11.5. The Bertz CT molecular complexity index is 595. The van der Waals surface area contributed by atoms with Crippen molar-refractivity contribution in [2.24, 2.45) is 22.7 Å². The van der Waals surface area contributed by atoms with Crippen molar-refractivity contribution < 1.29 is 28.4 Å². The van der Waals surface area contributed by atoms with Gasteiger partial charge in [-0.15, -0.1) is 0 Å². The Morgan fingerprint density at radius 3 is 2.22 bits per heavy atom. The smallest absolute Gasteiger partial charge is 0.0845 e. The summed E-state index contributed by atoms with van der Waals surface area (Å²) >= 11 is 0. The van der Waals surface area contributed by atoms with E-state index >= 15 is 0 Å². The fourth-order valence-corrected chi connectivity index (χ4v) is 5.96. The highest BCUT2D eigenvalue weighted by Gasteiger charge is 2.44. The fourth-order valence-electron chi connectivity index (χ4n) is 5.96. The molecule has 32 heavy (non-hydrogen) atoms. The summed E-state index contributed by atoms with van der Waals surface area (Å²) in [5.74, 6) is 1.19. The normalized spacial score (nSPS) is 38.8. The average molecular weight is 453 g/mol. The zero-order valence-electron chi connectivity index (χ0n) is 20.2. The first-order valence-electron chi connectivity index (χ1n) is 13.2. The van der Waals surface area contributed by atoms with E-state index in [9.17, 15) is 0 Å². The first-order valence-corrected chi connectivity index (χ1v) is 13.2. The van der Waals surface area contributed by atoms with Crippen LogP contribution < -0.4 is 0 Å². The van der Waals surface area contributed by atoms with Crippen molar-refractivity contribution in [3.05, 3.63) is 0 Å². The predicted octanol–water partition coefficient (Wildman–Crippen LogP) is 3.99. The molecule has 6 rings (SSSR count). The Morgan fingerprint density at radius 2 is 1.59 bits per heavy atom. The Balaban J connectivity index is 1.11. The molecule has 0 spiro atoms. The van der Waals surface area contributed by atoms with Gasteiger partial charge in [-0.1, -0.05) is 13.8 Å². The molecule has 6 nitrogen and oxygen atoms in total. The van der Waals surface area contributed by atoms with Crippen LogP contribution in [0.2, 0.25) is 0 Å². The molecular formula is C26H44O6. The second-order valence-electron chi connectivity index (χ2n) is 11.5. The molecular weight excluding hydrogens is 408 g/mol. The largest absolute Gasteiger partial charge is 0.380 e. The van der Waals surface area contributed by atoms with Gasteiger partial charge >= 0.3 is 0 Å². The van der Waals surface area contributed by atoms with Crippen molar-refractivity contribution in [3.63, 3.8) is 0 Å². The molecule has 4 aliphatic heterocycles. The Kier molecular flexibility index (Phi) is 7.47. The van der Waals surface area contributed by atoms with E-state index in [0.717, 1.165) is 45.9 Å². The highest BCUT2D eigenvalue weighted by atomic mass is 16.6. The molecule has 4 heterocycles. The van der Waals surface area contributed by atoms with E-state index in [4.69, 9.17) is 28.4 Å². The van der Waals surface area contributed by atoms with Crippen LogP contribution in [0.5, 0.6) is 0 Å². The molecule has 0 N–H and O–H groups in total. The molecule has 184 valence electrons. The minimum absolute atomic E-state index is 0.0928. The molecule has 6 fully saturated rings. The minimum Gasteiger partial charge on any atom is -0.380 e. The van der Waals surface area contributed by atoms with E-state index in [1.807, 2.05) is 0 Å². The van der Waals surface area contributed by atoms with E-state index in [2.05, 4.69) is 13.8 Å². The maximum Gasteiger partial charge on any atom is 0.0845 e. The first-order chi connectivity index (χ1) is 15.6. The molecule has 6 aliphatic rings. The molecule has 0 aromatic heterocycles.